The highest BCUT2D eigenvalue weighted by Crippen LogP contribution is 2.36. The molecule has 1 saturated carbocycles. The molecule has 6 rings (SSSR count). The van der Waals surface area contributed by atoms with E-state index in [1.54, 1.807) is 7.11 Å². The minimum atomic E-state index is -0.818. The van der Waals surface area contributed by atoms with E-state index in [0.29, 0.717) is 47.8 Å². The van der Waals surface area contributed by atoms with Crippen LogP contribution in [0.5, 0.6) is 11.5 Å². The van der Waals surface area contributed by atoms with Crippen LogP contribution in [-0.4, -0.2) is 69.1 Å². The number of benzene rings is 2. The zero-order valence-electron chi connectivity index (χ0n) is 24.7. The highest BCUT2D eigenvalue weighted by molar-refractivity contribution is 7.85. The van der Waals surface area contributed by atoms with Crippen molar-refractivity contribution in [1.29, 1.82) is 5.26 Å². The molecule has 2 aliphatic rings. The Hall–Kier alpha value is -4.70. The standard InChI is InChI=1S/C17H17N7O2S.C11H13NO2.C2H6/c1-26-14-16(21-15-11-4-2-3-5-12(11)22-23-15)19-13(10-18)20-17(14)24-6-8-27(25)9-7-24;1-14-10-6-4-9(5-7-10)12-11(13)8-2-3-8;1-2/h2-5H,6-9H2,1H3,(H2,19,20,21,22,23);4-8H,2-3H2,1H3,(H,12,13);1-2H3. The van der Waals surface area contributed by atoms with Gasteiger partial charge in [-0.1, -0.05) is 26.0 Å². The zero-order valence-corrected chi connectivity index (χ0v) is 25.5. The van der Waals surface area contributed by atoms with Crippen molar-refractivity contribution >= 4 is 50.8 Å². The number of carbonyl (C=O) groups excluding carboxylic acids is 1. The number of nitrogens with one attached hydrogen (secondary N) is 3. The molecule has 1 aliphatic carbocycles. The molecular formula is C30H36N8O4S. The van der Waals surface area contributed by atoms with Gasteiger partial charge in [0.25, 0.3) is 0 Å². The van der Waals surface area contributed by atoms with Crippen molar-refractivity contribution in [2.45, 2.75) is 26.7 Å². The third-order valence-electron chi connectivity index (χ3n) is 6.64. The second-order valence-electron chi connectivity index (χ2n) is 9.43. The molecule has 4 aromatic rings. The fourth-order valence-electron chi connectivity index (χ4n) is 4.26. The third-order valence-corrected chi connectivity index (χ3v) is 7.92. The Kier molecular flexibility index (Phi) is 10.9. The predicted molar refractivity (Wildman–Crippen MR) is 168 cm³/mol. The van der Waals surface area contributed by atoms with Gasteiger partial charge in [0, 0.05) is 52.4 Å². The molecule has 2 fully saturated rings. The third kappa shape index (κ3) is 7.98. The first kappa shape index (κ1) is 31.2. The summed E-state index contributed by atoms with van der Waals surface area (Å²) in [7, 11) is 2.34. The van der Waals surface area contributed by atoms with Gasteiger partial charge in [0.05, 0.1) is 19.7 Å². The number of hydrogen-bond acceptors (Lipinski definition) is 10. The van der Waals surface area contributed by atoms with E-state index in [4.69, 9.17) is 9.47 Å². The van der Waals surface area contributed by atoms with Crippen molar-refractivity contribution in [1.82, 2.24) is 20.2 Å². The number of nitriles is 1. The first-order chi connectivity index (χ1) is 21.0. The maximum atomic E-state index is 11.7. The van der Waals surface area contributed by atoms with E-state index in [0.717, 1.165) is 35.2 Å². The summed E-state index contributed by atoms with van der Waals surface area (Å²) in [5.41, 5.74) is 1.72. The smallest absolute Gasteiger partial charge is 0.236 e. The number of anilines is 4. The molecule has 0 radical (unpaired) electrons. The second-order valence-corrected chi connectivity index (χ2v) is 11.1. The number of amides is 1. The lowest BCUT2D eigenvalue weighted by Gasteiger charge is -2.29. The van der Waals surface area contributed by atoms with Crippen molar-refractivity contribution in [3.8, 4) is 17.6 Å². The molecule has 0 spiro atoms. The van der Waals surface area contributed by atoms with Crippen molar-refractivity contribution in [3.63, 3.8) is 0 Å². The molecule has 12 nitrogen and oxygen atoms in total. The molecule has 0 bridgehead atoms. The van der Waals surface area contributed by atoms with Crippen LogP contribution in [0.3, 0.4) is 0 Å². The molecule has 0 atom stereocenters. The van der Waals surface area contributed by atoms with E-state index in [9.17, 15) is 14.3 Å². The van der Waals surface area contributed by atoms with Gasteiger partial charge in [0.2, 0.25) is 17.5 Å². The summed E-state index contributed by atoms with van der Waals surface area (Å²) in [6.45, 7) is 5.16. The minimum absolute atomic E-state index is 0.0276. The molecule has 1 saturated heterocycles. The van der Waals surface area contributed by atoms with Gasteiger partial charge >= 0.3 is 0 Å². The molecule has 1 amide bonds. The zero-order chi connectivity index (χ0) is 30.8. The number of hydrogen-bond donors (Lipinski definition) is 3. The first-order valence-corrected chi connectivity index (χ1v) is 15.6. The number of carbonyl (C=O) groups is 1. The van der Waals surface area contributed by atoms with Crippen molar-refractivity contribution in [3.05, 3.63) is 54.4 Å². The van der Waals surface area contributed by atoms with Gasteiger partial charge in [-0.05, 0) is 49.2 Å². The lowest BCUT2D eigenvalue weighted by Crippen LogP contribution is -2.38. The SMILES string of the molecule is CC.COc1c(Nc2n[nH]c3ccccc23)nc(C#N)nc1N1CCS(=O)CC1.COc1ccc(NC(=O)C2CC2)cc1. The lowest BCUT2D eigenvalue weighted by molar-refractivity contribution is -0.117. The molecule has 0 unspecified atom stereocenters. The summed E-state index contributed by atoms with van der Waals surface area (Å²) in [4.78, 5) is 21.9. The number of aromatic amines is 1. The van der Waals surface area contributed by atoms with Crippen molar-refractivity contribution < 1.29 is 18.5 Å². The number of para-hydroxylation sites is 1. The topological polar surface area (TPSA) is 158 Å². The number of nitrogens with zero attached hydrogens (tertiary/aromatic N) is 5. The summed E-state index contributed by atoms with van der Waals surface area (Å²) < 4.78 is 22.3. The Morgan fingerprint density at radius 1 is 1.02 bits per heavy atom. The highest BCUT2D eigenvalue weighted by atomic mass is 32.2. The van der Waals surface area contributed by atoms with Crippen molar-refractivity contribution in [2.75, 3.05) is 54.3 Å². The van der Waals surface area contributed by atoms with E-state index in [2.05, 4.69) is 30.8 Å². The summed E-state index contributed by atoms with van der Waals surface area (Å²) >= 11 is 0. The summed E-state index contributed by atoms with van der Waals surface area (Å²) in [6, 6.07) is 17.0. The minimum Gasteiger partial charge on any atom is -0.497 e. The molecule has 43 heavy (non-hydrogen) atoms. The Balaban J connectivity index is 0.000000222. The van der Waals surface area contributed by atoms with Gasteiger partial charge < -0.3 is 25.0 Å². The van der Waals surface area contributed by atoms with E-state index in [1.165, 1.54) is 7.11 Å². The average Bonchev–Trinajstić information content (AvgIpc) is 3.84. The number of H-pyrrole nitrogens is 1. The van der Waals surface area contributed by atoms with Crippen LogP contribution in [0.25, 0.3) is 10.9 Å². The Morgan fingerprint density at radius 3 is 2.35 bits per heavy atom. The quantitative estimate of drug-likeness (QED) is 0.272. The average molecular weight is 605 g/mol. The maximum Gasteiger partial charge on any atom is 0.236 e. The van der Waals surface area contributed by atoms with Gasteiger partial charge in [-0.2, -0.15) is 20.3 Å². The largest absolute Gasteiger partial charge is 0.497 e. The Bertz CT molecular complexity index is 1590. The number of fused-ring (bicyclic) bond motifs is 1. The molecule has 2 aromatic heterocycles. The Labute approximate surface area is 253 Å². The maximum absolute atomic E-state index is 11.7. The van der Waals surface area contributed by atoms with Crippen LogP contribution in [0.1, 0.15) is 32.5 Å². The van der Waals surface area contributed by atoms with E-state index in [-0.39, 0.29) is 17.6 Å². The fraction of sp³-hybridized carbons (Fsp3) is 0.367. The predicted octanol–water partition coefficient (Wildman–Crippen LogP) is 4.62. The molecule has 226 valence electrons. The molecule has 2 aromatic carbocycles. The highest BCUT2D eigenvalue weighted by Gasteiger charge is 2.29. The van der Waals surface area contributed by atoms with Crippen molar-refractivity contribution in [2.24, 2.45) is 5.92 Å². The molecule has 3 heterocycles. The van der Waals surface area contributed by atoms with E-state index < -0.39 is 10.8 Å². The van der Waals surface area contributed by atoms with Gasteiger partial charge in [0.1, 0.15) is 11.8 Å². The number of aromatic nitrogens is 4. The van der Waals surface area contributed by atoms with Crippen LogP contribution in [0.4, 0.5) is 23.1 Å². The van der Waals surface area contributed by atoms with Gasteiger partial charge in [-0.3, -0.25) is 14.1 Å². The number of rotatable bonds is 7. The second kappa shape index (κ2) is 15.0. The van der Waals surface area contributed by atoms with Crippen LogP contribution in [0.15, 0.2) is 48.5 Å². The summed E-state index contributed by atoms with van der Waals surface area (Å²) in [5.74, 6) is 4.21. The normalized spacial score (nSPS) is 14.3. The van der Waals surface area contributed by atoms with Gasteiger partial charge in [-0.15, -0.1) is 0 Å². The van der Waals surface area contributed by atoms with Crippen LogP contribution in [0, 0.1) is 17.2 Å². The van der Waals surface area contributed by atoms with Crippen LogP contribution in [0.2, 0.25) is 0 Å². The van der Waals surface area contributed by atoms with E-state index >= 15 is 0 Å². The van der Waals surface area contributed by atoms with Gasteiger partial charge in [0.15, 0.2) is 17.5 Å². The number of methoxy groups -OCH3 is 2. The monoisotopic (exact) mass is 604 g/mol. The summed E-state index contributed by atoms with van der Waals surface area (Å²) in [6.07, 6.45) is 2.06. The molecule has 3 N–H and O–H groups in total. The fourth-order valence-corrected chi connectivity index (χ4v) is 5.31. The Morgan fingerprint density at radius 2 is 1.72 bits per heavy atom. The van der Waals surface area contributed by atoms with Crippen LogP contribution < -0.4 is 25.0 Å². The van der Waals surface area contributed by atoms with Crippen LogP contribution >= 0.6 is 0 Å². The lowest BCUT2D eigenvalue weighted by atomic mass is 10.2. The van der Waals surface area contributed by atoms with E-state index in [1.807, 2.05) is 73.3 Å². The van der Waals surface area contributed by atoms with Crippen LogP contribution in [-0.2, 0) is 15.6 Å². The molecule has 13 heteroatoms. The van der Waals surface area contributed by atoms with Gasteiger partial charge in [-0.25, -0.2) is 0 Å². The molecule has 1 aliphatic heterocycles. The summed E-state index contributed by atoms with van der Waals surface area (Å²) in [5, 5.41) is 23.5. The molecular weight excluding hydrogens is 568 g/mol. The first-order valence-electron chi connectivity index (χ1n) is 14.1. The number of ether oxygens (including phenoxy) is 2.